The lowest BCUT2D eigenvalue weighted by Gasteiger charge is -2.22. The molecule has 1 unspecified atom stereocenters. The number of carbonyl (C=O) groups is 1. The number of hydrogen-bond acceptors (Lipinski definition) is 5. The number of nitrogens with one attached hydrogen (secondary N) is 1. The predicted octanol–water partition coefficient (Wildman–Crippen LogP) is 2.09. The number of halogens is 1. The molecule has 0 saturated heterocycles. The van der Waals surface area contributed by atoms with Crippen LogP contribution in [-0.4, -0.2) is 48.9 Å². The first-order valence-corrected chi connectivity index (χ1v) is 10.8. The summed E-state index contributed by atoms with van der Waals surface area (Å²) in [6.45, 7) is -0.426. The van der Waals surface area contributed by atoms with Crippen molar-refractivity contribution in [2.24, 2.45) is 7.05 Å². The van der Waals surface area contributed by atoms with E-state index in [-0.39, 0.29) is 4.90 Å². The summed E-state index contributed by atoms with van der Waals surface area (Å²) in [6.07, 6.45) is 3.36. The van der Waals surface area contributed by atoms with Crippen molar-refractivity contribution in [2.45, 2.75) is 10.9 Å². The highest BCUT2D eigenvalue weighted by Crippen LogP contribution is 2.24. The molecule has 0 aliphatic heterocycles. The van der Waals surface area contributed by atoms with Gasteiger partial charge in [0.1, 0.15) is 23.4 Å². The number of nitrogens with zero attached hydrogens (tertiary/aromatic N) is 3. The van der Waals surface area contributed by atoms with Gasteiger partial charge in [-0.05, 0) is 42.0 Å². The number of aryl methyl sites for hydroxylation is 1. The van der Waals surface area contributed by atoms with Gasteiger partial charge in [0.15, 0.2) is 0 Å². The SMILES string of the molecule is COc1cccc(C(NC(=O)CN(C)S(=O)(=O)c2ccc(F)cc2)c2nccn2C)c1. The molecule has 1 heterocycles. The van der Waals surface area contributed by atoms with Gasteiger partial charge >= 0.3 is 0 Å². The van der Waals surface area contributed by atoms with Crippen LogP contribution in [0.15, 0.2) is 65.8 Å². The summed E-state index contributed by atoms with van der Waals surface area (Å²) in [5.74, 6) is 0.118. The van der Waals surface area contributed by atoms with E-state index in [2.05, 4.69) is 10.3 Å². The van der Waals surface area contributed by atoms with E-state index in [1.807, 2.05) is 6.07 Å². The van der Waals surface area contributed by atoms with Crippen molar-refractivity contribution in [3.05, 3.63) is 78.1 Å². The first-order valence-electron chi connectivity index (χ1n) is 9.35. The molecule has 0 aliphatic carbocycles. The van der Waals surface area contributed by atoms with E-state index >= 15 is 0 Å². The van der Waals surface area contributed by atoms with E-state index in [0.717, 1.165) is 34.1 Å². The normalized spacial score (nSPS) is 12.5. The minimum Gasteiger partial charge on any atom is -0.497 e. The molecule has 10 heteroatoms. The van der Waals surface area contributed by atoms with Crippen LogP contribution in [0.3, 0.4) is 0 Å². The molecule has 1 amide bonds. The second kappa shape index (κ2) is 9.27. The molecule has 1 atom stereocenters. The van der Waals surface area contributed by atoms with Crippen LogP contribution in [0.2, 0.25) is 0 Å². The van der Waals surface area contributed by atoms with Crippen molar-refractivity contribution < 1.29 is 22.3 Å². The average Bonchev–Trinajstić information content (AvgIpc) is 3.17. The number of methoxy groups -OCH3 is 1. The summed E-state index contributed by atoms with van der Waals surface area (Å²) < 4.78 is 46.5. The number of hydrogen-bond donors (Lipinski definition) is 1. The van der Waals surface area contributed by atoms with E-state index in [9.17, 15) is 17.6 Å². The second-order valence-electron chi connectivity index (χ2n) is 6.89. The summed E-state index contributed by atoms with van der Waals surface area (Å²) in [5.41, 5.74) is 0.728. The Morgan fingerprint density at radius 2 is 1.97 bits per heavy atom. The van der Waals surface area contributed by atoms with Gasteiger partial charge in [-0.3, -0.25) is 4.79 Å². The molecular weight excluding hydrogens is 423 g/mol. The minimum absolute atomic E-state index is 0.0994. The van der Waals surface area contributed by atoms with E-state index < -0.39 is 34.3 Å². The fraction of sp³-hybridized carbons (Fsp3) is 0.238. The fourth-order valence-corrected chi connectivity index (χ4v) is 4.18. The molecule has 1 N–H and O–H groups in total. The van der Waals surface area contributed by atoms with Crippen molar-refractivity contribution in [2.75, 3.05) is 20.7 Å². The van der Waals surface area contributed by atoms with Crippen molar-refractivity contribution in [3.63, 3.8) is 0 Å². The molecule has 0 saturated carbocycles. The Morgan fingerprint density at radius 3 is 2.58 bits per heavy atom. The van der Waals surface area contributed by atoms with Crippen LogP contribution in [0.4, 0.5) is 4.39 Å². The standard InChI is InChI=1S/C21H23FN4O4S/c1-25-12-11-23-21(25)20(15-5-4-6-17(13-15)30-3)24-19(27)14-26(2)31(28,29)18-9-7-16(22)8-10-18/h4-13,20H,14H2,1-3H3,(H,24,27). The van der Waals surface area contributed by atoms with Gasteiger partial charge in [0, 0.05) is 26.5 Å². The quantitative estimate of drug-likeness (QED) is 0.572. The Balaban J connectivity index is 1.82. The smallest absolute Gasteiger partial charge is 0.243 e. The van der Waals surface area contributed by atoms with E-state index in [1.165, 1.54) is 7.05 Å². The second-order valence-corrected chi connectivity index (χ2v) is 8.93. The summed E-state index contributed by atoms with van der Waals surface area (Å²) in [5, 5.41) is 2.85. The van der Waals surface area contributed by atoms with Crippen molar-refractivity contribution in [1.82, 2.24) is 19.2 Å². The topological polar surface area (TPSA) is 93.5 Å². The number of aromatic nitrogens is 2. The summed E-state index contributed by atoms with van der Waals surface area (Å²) >= 11 is 0. The third kappa shape index (κ3) is 5.09. The van der Waals surface area contributed by atoms with Crippen LogP contribution in [-0.2, 0) is 21.9 Å². The Hall–Kier alpha value is -3.24. The zero-order chi connectivity index (χ0) is 22.6. The van der Waals surface area contributed by atoms with Crippen LogP contribution < -0.4 is 10.1 Å². The monoisotopic (exact) mass is 446 g/mol. The van der Waals surface area contributed by atoms with Crippen LogP contribution in [0.1, 0.15) is 17.4 Å². The molecule has 0 spiro atoms. The molecule has 3 aromatic rings. The van der Waals surface area contributed by atoms with Gasteiger partial charge in [0.05, 0.1) is 18.6 Å². The molecule has 0 bridgehead atoms. The first kappa shape index (κ1) is 22.4. The van der Waals surface area contributed by atoms with Gasteiger partial charge in [0.25, 0.3) is 0 Å². The number of ether oxygens (including phenoxy) is 1. The third-order valence-corrected chi connectivity index (χ3v) is 6.55. The number of carbonyl (C=O) groups excluding carboxylic acids is 1. The van der Waals surface area contributed by atoms with Crippen molar-refractivity contribution >= 4 is 15.9 Å². The lowest BCUT2D eigenvalue weighted by atomic mass is 10.1. The highest BCUT2D eigenvalue weighted by Gasteiger charge is 2.26. The molecule has 0 fully saturated rings. The molecule has 164 valence electrons. The van der Waals surface area contributed by atoms with Crippen molar-refractivity contribution in [3.8, 4) is 5.75 Å². The lowest BCUT2D eigenvalue weighted by molar-refractivity contribution is -0.121. The number of imidazole rings is 1. The zero-order valence-corrected chi connectivity index (χ0v) is 18.1. The molecular formula is C21H23FN4O4S. The van der Waals surface area contributed by atoms with Gasteiger partial charge < -0.3 is 14.6 Å². The predicted molar refractivity (Wildman–Crippen MR) is 112 cm³/mol. The van der Waals surface area contributed by atoms with Gasteiger partial charge in [0.2, 0.25) is 15.9 Å². The van der Waals surface area contributed by atoms with Gasteiger partial charge in [-0.1, -0.05) is 12.1 Å². The minimum atomic E-state index is -3.96. The average molecular weight is 447 g/mol. The van der Waals surface area contributed by atoms with Crippen LogP contribution in [0.25, 0.3) is 0 Å². The molecule has 0 aliphatic rings. The fourth-order valence-electron chi connectivity index (χ4n) is 3.05. The Bertz CT molecular complexity index is 1160. The number of benzene rings is 2. The molecule has 2 aromatic carbocycles. The largest absolute Gasteiger partial charge is 0.497 e. The molecule has 31 heavy (non-hydrogen) atoms. The van der Waals surface area contributed by atoms with Gasteiger partial charge in [-0.25, -0.2) is 17.8 Å². The molecule has 8 nitrogen and oxygen atoms in total. The van der Waals surface area contributed by atoms with E-state index in [0.29, 0.717) is 11.6 Å². The van der Waals surface area contributed by atoms with Crippen LogP contribution >= 0.6 is 0 Å². The Morgan fingerprint density at radius 1 is 1.26 bits per heavy atom. The number of sulfonamides is 1. The third-order valence-electron chi connectivity index (χ3n) is 4.74. The van der Waals surface area contributed by atoms with E-state index in [1.54, 1.807) is 49.3 Å². The zero-order valence-electron chi connectivity index (χ0n) is 17.3. The van der Waals surface area contributed by atoms with E-state index in [4.69, 9.17) is 4.74 Å². The number of likely N-dealkylation sites (N-methyl/N-ethyl adjacent to an activating group) is 1. The van der Waals surface area contributed by atoms with Gasteiger partial charge in [-0.15, -0.1) is 0 Å². The highest BCUT2D eigenvalue weighted by atomic mass is 32.2. The van der Waals surface area contributed by atoms with Gasteiger partial charge in [-0.2, -0.15) is 4.31 Å². The maximum Gasteiger partial charge on any atom is 0.243 e. The summed E-state index contributed by atoms with van der Waals surface area (Å²) in [6, 6.07) is 11.0. The molecule has 0 radical (unpaired) electrons. The first-order chi connectivity index (χ1) is 14.7. The number of rotatable bonds is 8. The lowest BCUT2D eigenvalue weighted by Crippen LogP contribution is -2.40. The molecule has 1 aromatic heterocycles. The van der Waals surface area contributed by atoms with Crippen LogP contribution in [0.5, 0.6) is 5.75 Å². The maximum absolute atomic E-state index is 13.1. The Kier molecular flexibility index (Phi) is 6.71. The summed E-state index contributed by atoms with van der Waals surface area (Å²) in [4.78, 5) is 17.0. The van der Waals surface area contributed by atoms with Crippen LogP contribution in [0, 0.1) is 5.82 Å². The highest BCUT2D eigenvalue weighted by molar-refractivity contribution is 7.89. The molecule has 3 rings (SSSR count). The summed E-state index contributed by atoms with van der Waals surface area (Å²) in [7, 11) is 0.675. The Labute approximate surface area is 180 Å². The van der Waals surface area contributed by atoms with Crippen molar-refractivity contribution in [1.29, 1.82) is 0 Å². The maximum atomic E-state index is 13.1. The number of amides is 1.